The van der Waals surface area contributed by atoms with Crippen LogP contribution in [-0.2, 0) is 13.1 Å². The van der Waals surface area contributed by atoms with Gasteiger partial charge in [0.05, 0.1) is 5.69 Å². The summed E-state index contributed by atoms with van der Waals surface area (Å²) >= 11 is 7.50. The van der Waals surface area contributed by atoms with Crippen LogP contribution in [0.25, 0.3) is 0 Å². The van der Waals surface area contributed by atoms with Crippen molar-refractivity contribution in [2.45, 2.75) is 19.5 Å². The first-order valence-corrected chi connectivity index (χ1v) is 8.63. The molecule has 1 aromatic carbocycles. The van der Waals surface area contributed by atoms with Crippen molar-refractivity contribution in [3.8, 4) is 0 Å². The normalized spacial score (nSPS) is 14.3. The SMILES string of the molecule is NCc1ccc(NC(=O)Nc2nc(CN3CCC3)cs2)cc1Cl. The predicted octanol–water partition coefficient (Wildman–Crippen LogP) is 3.10. The highest BCUT2D eigenvalue weighted by atomic mass is 35.5. The molecule has 1 saturated heterocycles. The van der Waals surface area contributed by atoms with Crippen molar-refractivity contribution in [3.63, 3.8) is 0 Å². The number of aromatic nitrogens is 1. The molecule has 0 aliphatic carbocycles. The zero-order chi connectivity index (χ0) is 16.2. The van der Waals surface area contributed by atoms with Crippen LogP contribution in [0.1, 0.15) is 17.7 Å². The molecule has 3 rings (SSSR count). The van der Waals surface area contributed by atoms with E-state index in [4.69, 9.17) is 17.3 Å². The Kier molecular flexibility index (Phi) is 5.12. The van der Waals surface area contributed by atoms with Crippen LogP contribution < -0.4 is 16.4 Å². The van der Waals surface area contributed by atoms with Crippen LogP contribution in [0.4, 0.5) is 15.6 Å². The standard InChI is InChI=1S/C15H18ClN5OS/c16-13-6-11(3-2-10(13)7-17)18-14(22)20-15-19-12(9-23-15)8-21-4-1-5-21/h2-3,6,9H,1,4-5,7-8,17H2,(H2,18,19,20,22). The first-order chi connectivity index (χ1) is 11.1. The van der Waals surface area contributed by atoms with Crippen LogP contribution in [-0.4, -0.2) is 29.0 Å². The average molecular weight is 352 g/mol. The van der Waals surface area contributed by atoms with E-state index in [0.717, 1.165) is 30.9 Å². The van der Waals surface area contributed by atoms with E-state index in [1.54, 1.807) is 18.2 Å². The third-order valence-electron chi connectivity index (χ3n) is 3.64. The largest absolute Gasteiger partial charge is 0.326 e. The number of carbonyl (C=O) groups is 1. The monoisotopic (exact) mass is 351 g/mol. The third kappa shape index (κ3) is 4.20. The molecule has 1 fully saturated rings. The lowest BCUT2D eigenvalue weighted by molar-refractivity contribution is 0.171. The van der Waals surface area contributed by atoms with Crippen molar-refractivity contribution in [2.24, 2.45) is 5.73 Å². The lowest BCUT2D eigenvalue weighted by Gasteiger charge is -2.29. The van der Waals surface area contributed by atoms with Gasteiger partial charge in [0.25, 0.3) is 0 Å². The summed E-state index contributed by atoms with van der Waals surface area (Å²) in [7, 11) is 0. The van der Waals surface area contributed by atoms with Gasteiger partial charge in [0.1, 0.15) is 0 Å². The fraction of sp³-hybridized carbons (Fsp3) is 0.333. The van der Waals surface area contributed by atoms with Crippen LogP contribution in [0.3, 0.4) is 0 Å². The molecule has 2 heterocycles. The number of nitrogens with two attached hydrogens (primary N) is 1. The second-order valence-electron chi connectivity index (χ2n) is 5.36. The van der Waals surface area contributed by atoms with Gasteiger partial charge < -0.3 is 11.1 Å². The van der Waals surface area contributed by atoms with E-state index < -0.39 is 0 Å². The lowest BCUT2D eigenvalue weighted by Crippen LogP contribution is -2.36. The Morgan fingerprint density at radius 1 is 1.39 bits per heavy atom. The first-order valence-electron chi connectivity index (χ1n) is 7.37. The van der Waals surface area contributed by atoms with Gasteiger partial charge in [-0.25, -0.2) is 9.78 Å². The Hall–Kier alpha value is -1.67. The number of halogens is 1. The highest BCUT2D eigenvalue weighted by Crippen LogP contribution is 2.22. The molecular weight excluding hydrogens is 334 g/mol. The van der Waals surface area contributed by atoms with E-state index in [-0.39, 0.29) is 6.03 Å². The highest BCUT2D eigenvalue weighted by molar-refractivity contribution is 7.13. The van der Waals surface area contributed by atoms with Crippen LogP contribution in [0.2, 0.25) is 5.02 Å². The summed E-state index contributed by atoms with van der Waals surface area (Å²) in [5.41, 5.74) is 8.00. The summed E-state index contributed by atoms with van der Waals surface area (Å²) in [5, 5.41) is 8.57. The van der Waals surface area contributed by atoms with Gasteiger partial charge in [0.2, 0.25) is 0 Å². The van der Waals surface area contributed by atoms with Crippen molar-refractivity contribution in [3.05, 3.63) is 39.9 Å². The molecule has 0 unspecified atom stereocenters. The quantitative estimate of drug-likeness (QED) is 0.772. The van der Waals surface area contributed by atoms with Crippen molar-refractivity contribution in [1.29, 1.82) is 0 Å². The molecule has 6 nitrogen and oxygen atoms in total. The second-order valence-corrected chi connectivity index (χ2v) is 6.63. The summed E-state index contributed by atoms with van der Waals surface area (Å²) in [6, 6.07) is 4.91. The number of amides is 2. The second kappa shape index (κ2) is 7.27. The van der Waals surface area contributed by atoms with Crippen molar-refractivity contribution in [2.75, 3.05) is 23.7 Å². The van der Waals surface area contributed by atoms with Crippen molar-refractivity contribution >= 4 is 39.8 Å². The van der Waals surface area contributed by atoms with Crippen LogP contribution in [0, 0.1) is 0 Å². The van der Waals surface area contributed by atoms with Gasteiger partial charge in [-0.2, -0.15) is 0 Å². The molecule has 0 bridgehead atoms. The number of urea groups is 1. The summed E-state index contributed by atoms with van der Waals surface area (Å²) < 4.78 is 0. The molecular formula is C15H18ClN5OS. The van der Waals surface area contributed by atoms with E-state index in [9.17, 15) is 4.79 Å². The number of hydrogen-bond donors (Lipinski definition) is 3. The Balaban J connectivity index is 1.55. The summed E-state index contributed by atoms with van der Waals surface area (Å²) in [5.74, 6) is 0. The number of hydrogen-bond acceptors (Lipinski definition) is 5. The average Bonchev–Trinajstić information content (AvgIpc) is 2.90. The molecule has 0 spiro atoms. The van der Waals surface area contributed by atoms with Gasteiger partial charge in [-0.1, -0.05) is 17.7 Å². The molecule has 1 aromatic heterocycles. The van der Waals surface area contributed by atoms with Gasteiger partial charge >= 0.3 is 6.03 Å². The smallest absolute Gasteiger partial charge is 0.325 e. The van der Waals surface area contributed by atoms with Gasteiger partial charge in [-0.05, 0) is 37.2 Å². The highest BCUT2D eigenvalue weighted by Gasteiger charge is 2.15. The molecule has 2 aromatic rings. The Bertz CT molecular complexity index is 701. The molecule has 1 aliphatic heterocycles. The van der Waals surface area contributed by atoms with Crippen LogP contribution >= 0.6 is 22.9 Å². The third-order valence-corrected chi connectivity index (χ3v) is 4.80. The number of thiazole rings is 1. The number of nitrogens with zero attached hydrogens (tertiary/aromatic N) is 2. The number of anilines is 2. The zero-order valence-electron chi connectivity index (χ0n) is 12.5. The molecule has 1 aliphatic rings. The van der Waals surface area contributed by atoms with E-state index in [1.807, 2.05) is 5.38 Å². The maximum absolute atomic E-state index is 12.0. The number of rotatable bonds is 5. The Morgan fingerprint density at radius 3 is 2.87 bits per heavy atom. The summed E-state index contributed by atoms with van der Waals surface area (Å²) in [6.45, 7) is 3.46. The number of carbonyl (C=O) groups excluding carboxylic acids is 1. The number of likely N-dealkylation sites (tertiary alicyclic amines) is 1. The Labute approximate surface area is 143 Å². The lowest BCUT2D eigenvalue weighted by atomic mass is 10.2. The molecule has 2 amide bonds. The number of benzene rings is 1. The molecule has 122 valence electrons. The van der Waals surface area contributed by atoms with E-state index >= 15 is 0 Å². The first kappa shape index (κ1) is 16.2. The fourth-order valence-corrected chi connectivity index (χ4v) is 3.21. The van der Waals surface area contributed by atoms with Gasteiger partial charge in [0, 0.05) is 29.2 Å². The Morgan fingerprint density at radius 2 is 2.22 bits per heavy atom. The number of nitrogens with one attached hydrogen (secondary N) is 2. The van der Waals surface area contributed by atoms with Crippen LogP contribution in [0.15, 0.2) is 23.6 Å². The van der Waals surface area contributed by atoms with E-state index in [0.29, 0.717) is 22.4 Å². The molecule has 0 atom stereocenters. The minimum absolute atomic E-state index is 0.341. The summed E-state index contributed by atoms with van der Waals surface area (Å²) in [6.07, 6.45) is 1.25. The van der Waals surface area contributed by atoms with Crippen molar-refractivity contribution < 1.29 is 4.79 Å². The molecule has 0 saturated carbocycles. The molecule has 0 radical (unpaired) electrons. The summed E-state index contributed by atoms with van der Waals surface area (Å²) in [4.78, 5) is 18.8. The zero-order valence-corrected chi connectivity index (χ0v) is 14.1. The van der Waals surface area contributed by atoms with E-state index in [2.05, 4.69) is 20.5 Å². The molecule has 4 N–H and O–H groups in total. The topological polar surface area (TPSA) is 83.3 Å². The van der Waals surface area contributed by atoms with Crippen molar-refractivity contribution in [1.82, 2.24) is 9.88 Å². The predicted molar refractivity (Wildman–Crippen MR) is 94.0 cm³/mol. The van der Waals surface area contributed by atoms with E-state index in [1.165, 1.54) is 17.8 Å². The minimum atomic E-state index is -0.341. The maximum atomic E-state index is 12.0. The van der Waals surface area contributed by atoms with Gasteiger partial charge in [-0.15, -0.1) is 11.3 Å². The van der Waals surface area contributed by atoms with Gasteiger partial charge in [-0.3, -0.25) is 10.2 Å². The molecule has 23 heavy (non-hydrogen) atoms. The fourth-order valence-electron chi connectivity index (χ4n) is 2.26. The maximum Gasteiger partial charge on any atom is 0.325 e. The van der Waals surface area contributed by atoms with Crippen LogP contribution in [0.5, 0.6) is 0 Å². The molecule has 8 heteroatoms. The van der Waals surface area contributed by atoms with Gasteiger partial charge in [0.15, 0.2) is 5.13 Å². The minimum Gasteiger partial charge on any atom is -0.326 e.